The number of rotatable bonds is 5. The molecule has 0 radical (unpaired) electrons. The third-order valence-electron chi connectivity index (χ3n) is 3.35. The standard InChI is InChI=1S/C15H13ClN2O6/c16-14-10(9-6-8(19)1-2-13(9)20)3-7(4-11(17)15(21)22)5-12(14)18(23)24/h1-3,5-6,11,19-20H,4,17H2,(H,21,22)/t11-/m1/s1. The van der Waals surface area contributed by atoms with Gasteiger partial charge in [0.15, 0.2) is 0 Å². The van der Waals surface area contributed by atoms with Crippen LogP contribution in [0.25, 0.3) is 11.1 Å². The highest BCUT2D eigenvalue weighted by Gasteiger charge is 2.23. The van der Waals surface area contributed by atoms with Crippen molar-refractivity contribution in [1.29, 1.82) is 0 Å². The quantitative estimate of drug-likeness (QED) is 0.366. The number of hydrogen-bond acceptors (Lipinski definition) is 6. The lowest BCUT2D eigenvalue weighted by atomic mass is 9.97. The Hall–Kier alpha value is -2.84. The molecule has 0 saturated carbocycles. The zero-order valence-corrected chi connectivity index (χ0v) is 12.9. The molecule has 0 aliphatic rings. The number of aromatic hydroxyl groups is 2. The third-order valence-corrected chi connectivity index (χ3v) is 3.75. The maximum atomic E-state index is 11.2. The molecule has 0 bridgehead atoms. The van der Waals surface area contributed by atoms with Crippen LogP contribution in [0.15, 0.2) is 30.3 Å². The van der Waals surface area contributed by atoms with E-state index in [0.717, 1.165) is 6.07 Å². The fourth-order valence-corrected chi connectivity index (χ4v) is 2.47. The summed E-state index contributed by atoms with van der Waals surface area (Å²) < 4.78 is 0. The number of carboxylic acid groups (broad SMARTS) is 1. The van der Waals surface area contributed by atoms with Crippen LogP contribution in [0.3, 0.4) is 0 Å². The van der Waals surface area contributed by atoms with E-state index in [1.807, 2.05) is 0 Å². The van der Waals surface area contributed by atoms with Crippen molar-refractivity contribution in [2.75, 3.05) is 0 Å². The molecule has 0 spiro atoms. The molecule has 2 rings (SSSR count). The molecule has 2 aromatic rings. The highest BCUT2D eigenvalue weighted by atomic mass is 35.5. The van der Waals surface area contributed by atoms with Gasteiger partial charge in [-0.15, -0.1) is 0 Å². The summed E-state index contributed by atoms with van der Waals surface area (Å²) in [6.45, 7) is 0. The van der Waals surface area contributed by atoms with E-state index in [1.54, 1.807) is 0 Å². The van der Waals surface area contributed by atoms with E-state index in [4.69, 9.17) is 22.4 Å². The normalized spacial score (nSPS) is 11.9. The molecule has 5 N–H and O–H groups in total. The average Bonchev–Trinajstić information content (AvgIpc) is 2.50. The Morgan fingerprint density at radius 1 is 1.25 bits per heavy atom. The maximum absolute atomic E-state index is 11.2. The first-order chi connectivity index (χ1) is 11.2. The first kappa shape index (κ1) is 17.5. The number of aliphatic carboxylic acids is 1. The Labute approximate surface area is 140 Å². The molecule has 2 aromatic carbocycles. The number of halogens is 1. The minimum Gasteiger partial charge on any atom is -0.508 e. The molecule has 0 fully saturated rings. The van der Waals surface area contributed by atoms with Crippen LogP contribution in [0.5, 0.6) is 11.5 Å². The molecular formula is C15H13ClN2O6. The molecule has 0 aliphatic heterocycles. The minimum atomic E-state index is -1.26. The number of carbonyl (C=O) groups is 1. The van der Waals surface area contributed by atoms with Gasteiger partial charge in [0.25, 0.3) is 5.69 Å². The van der Waals surface area contributed by atoms with Crippen molar-refractivity contribution >= 4 is 23.3 Å². The van der Waals surface area contributed by atoms with E-state index in [2.05, 4.69) is 0 Å². The summed E-state index contributed by atoms with van der Waals surface area (Å²) in [5.41, 5.74) is 5.44. The Kier molecular flexibility index (Phi) is 4.91. The number of nitrogens with zero attached hydrogens (tertiary/aromatic N) is 1. The summed E-state index contributed by atoms with van der Waals surface area (Å²) in [5.74, 6) is -1.67. The average molecular weight is 353 g/mol. The number of nitrogens with two attached hydrogens (primary N) is 1. The van der Waals surface area contributed by atoms with Gasteiger partial charge in [0.2, 0.25) is 0 Å². The molecular weight excluding hydrogens is 340 g/mol. The molecule has 9 heteroatoms. The SMILES string of the molecule is N[C@H](Cc1cc(-c2cc(O)ccc2O)c(Cl)c([N+](=O)[O-])c1)C(=O)O. The lowest BCUT2D eigenvalue weighted by molar-refractivity contribution is -0.384. The van der Waals surface area contributed by atoms with E-state index < -0.39 is 22.6 Å². The van der Waals surface area contributed by atoms with Gasteiger partial charge in [0.1, 0.15) is 22.6 Å². The lowest BCUT2D eigenvalue weighted by Crippen LogP contribution is -2.32. The molecule has 1 atom stereocenters. The number of nitro groups is 1. The fraction of sp³-hybridized carbons (Fsp3) is 0.133. The molecule has 24 heavy (non-hydrogen) atoms. The van der Waals surface area contributed by atoms with Crippen LogP contribution in [-0.2, 0) is 11.2 Å². The van der Waals surface area contributed by atoms with Gasteiger partial charge >= 0.3 is 5.97 Å². The molecule has 8 nitrogen and oxygen atoms in total. The predicted octanol–water partition coefficient (Wildman–Crippen LogP) is 2.28. The maximum Gasteiger partial charge on any atom is 0.320 e. The Bertz CT molecular complexity index is 824. The summed E-state index contributed by atoms with van der Waals surface area (Å²) in [5, 5.41) is 39.3. The first-order valence-electron chi connectivity index (χ1n) is 6.68. The predicted molar refractivity (Wildman–Crippen MR) is 86.2 cm³/mol. The summed E-state index contributed by atoms with van der Waals surface area (Å²) in [6.07, 6.45) is -0.167. The molecule has 0 aromatic heterocycles. The monoisotopic (exact) mass is 352 g/mol. The second-order valence-corrected chi connectivity index (χ2v) is 5.46. The molecule has 0 unspecified atom stereocenters. The number of hydrogen-bond donors (Lipinski definition) is 4. The van der Waals surface area contributed by atoms with Gasteiger partial charge in [-0.3, -0.25) is 14.9 Å². The smallest absolute Gasteiger partial charge is 0.320 e. The van der Waals surface area contributed by atoms with Crippen LogP contribution >= 0.6 is 11.6 Å². The van der Waals surface area contributed by atoms with E-state index >= 15 is 0 Å². The molecule has 126 valence electrons. The van der Waals surface area contributed by atoms with Crippen molar-refractivity contribution in [2.24, 2.45) is 5.73 Å². The van der Waals surface area contributed by atoms with E-state index in [9.17, 15) is 25.1 Å². The van der Waals surface area contributed by atoms with Crippen LogP contribution in [0.4, 0.5) is 5.69 Å². The van der Waals surface area contributed by atoms with Gasteiger partial charge in [-0.25, -0.2) is 0 Å². The first-order valence-corrected chi connectivity index (χ1v) is 7.06. The van der Waals surface area contributed by atoms with Crippen LogP contribution in [-0.4, -0.2) is 32.3 Å². The molecule has 0 aliphatic carbocycles. The molecule has 0 saturated heterocycles. The van der Waals surface area contributed by atoms with Crippen molar-refractivity contribution < 1.29 is 25.0 Å². The summed E-state index contributed by atoms with van der Waals surface area (Å²) >= 11 is 6.05. The van der Waals surface area contributed by atoms with Crippen molar-refractivity contribution in [3.8, 4) is 22.6 Å². The number of benzene rings is 2. The van der Waals surface area contributed by atoms with Crippen molar-refractivity contribution in [2.45, 2.75) is 12.5 Å². The zero-order chi connectivity index (χ0) is 18.0. The number of phenols is 2. The third kappa shape index (κ3) is 3.55. The molecule has 0 heterocycles. The second-order valence-electron chi connectivity index (χ2n) is 5.08. The van der Waals surface area contributed by atoms with Gasteiger partial charge in [-0.05, 0) is 36.2 Å². The summed E-state index contributed by atoms with van der Waals surface area (Å²) in [4.78, 5) is 21.4. The van der Waals surface area contributed by atoms with E-state index in [1.165, 1.54) is 24.3 Å². The minimum absolute atomic E-state index is 0.0776. The van der Waals surface area contributed by atoms with E-state index in [-0.39, 0.29) is 39.6 Å². The van der Waals surface area contributed by atoms with Gasteiger partial charge < -0.3 is 21.1 Å². The van der Waals surface area contributed by atoms with Crippen molar-refractivity contribution in [1.82, 2.24) is 0 Å². The zero-order valence-electron chi connectivity index (χ0n) is 12.1. The fourth-order valence-electron chi connectivity index (χ4n) is 2.20. The van der Waals surface area contributed by atoms with Crippen molar-refractivity contribution in [3.63, 3.8) is 0 Å². The topological polar surface area (TPSA) is 147 Å². The number of nitro benzene ring substituents is 1. The van der Waals surface area contributed by atoms with Crippen molar-refractivity contribution in [3.05, 3.63) is 51.0 Å². The number of carboxylic acids is 1. The van der Waals surface area contributed by atoms with Gasteiger partial charge in [0.05, 0.1) is 4.92 Å². The molecule has 0 amide bonds. The Balaban J connectivity index is 2.65. The highest BCUT2D eigenvalue weighted by Crippen LogP contribution is 2.41. The Morgan fingerprint density at radius 2 is 1.92 bits per heavy atom. The van der Waals surface area contributed by atoms with Crippen LogP contribution in [0, 0.1) is 10.1 Å². The summed E-state index contributed by atoms with van der Waals surface area (Å²) in [6, 6.07) is 4.92. The number of phenolic OH excluding ortho intramolecular Hbond substituents is 2. The van der Waals surface area contributed by atoms with Crippen LogP contribution in [0.2, 0.25) is 5.02 Å². The van der Waals surface area contributed by atoms with Gasteiger partial charge in [-0.2, -0.15) is 0 Å². The Morgan fingerprint density at radius 3 is 2.50 bits per heavy atom. The highest BCUT2D eigenvalue weighted by molar-refractivity contribution is 6.35. The van der Waals surface area contributed by atoms with Gasteiger partial charge in [-0.1, -0.05) is 11.6 Å². The van der Waals surface area contributed by atoms with E-state index in [0.29, 0.717) is 0 Å². The lowest BCUT2D eigenvalue weighted by Gasteiger charge is -2.12. The second kappa shape index (κ2) is 6.73. The van der Waals surface area contributed by atoms with Gasteiger partial charge in [0, 0.05) is 17.2 Å². The van der Waals surface area contributed by atoms with Crippen LogP contribution < -0.4 is 5.73 Å². The van der Waals surface area contributed by atoms with Crippen LogP contribution in [0.1, 0.15) is 5.56 Å². The summed E-state index contributed by atoms with van der Waals surface area (Å²) in [7, 11) is 0. The largest absolute Gasteiger partial charge is 0.508 e.